The van der Waals surface area contributed by atoms with Crippen LogP contribution in [-0.4, -0.2) is 25.4 Å². The molecule has 4 nitrogen and oxygen atoms in total. The van der Waals surface area contributed by atoms with Crippen molar-refractivity contribution in [3.8, 4) is 0 Å². The fourth-order valence-electron chi connectivity index (χ4n) is 2.86. The topological polar surface area (TPSA) is 52.4 Å². The predicted octanol–water partition coefficient (Wildman–Crippen LogP) is 6.96. The number of unbranched alkanes of at least 4 members (excludes halogenated alkanes) is 6. The molecule has 0 bridgehead atoms. The van der Waals surface area contributed by atoms with Crippen molar-refractivity contribution in [2.75, 3.05) is 0 Å². The highest BCUT2D eigenvalue weighted by atomic mass is 28.4. The van der Waals surface area contributed by atoms with Crippen LogP contribution in [0, 0.1) is 10.1 Å². The highest BCUT2D eigenvalue weighted by Crippen LogP contribution is 2.38. The Hall–Kier alpha value is -0.423. The van der Waals surface area contributed by atoms with Crippen molar-refractivity contribution in [1.29, 1.82) is 0 Å². The Morgan fingerprint density at radius 1 is 0.920 bits per heavy atom. The molecule has 0 N–H and O–H groups in total. The van der Waals surface area contributed by atoms with E-state index < -0.39 is 14.4 Å². The molecule has 0 fully saturated rings. The molecule has 0 aromatic heterocycles. The zero-order valence-electron chi connectivity index (χ0n) is 17.9. The van der Waals surface area contributed by atoms with E-state index in [2.05, 4.69) is 47.7 Å². The molecule has 0 saturated carbocycles. The molecule has 0 amide bonds. The van der Waals surface area contributed by atoms with Gasteiger partial charge in [0.25, 0.3) is 0 Å². The van der Waals surface area contributed by atoms with Crippen LogP contribution >= 0.6 is 0 Å². The molecule has 0 aromatic carbocycles. The molecule has 0 saturated heterocycles. The van der Waals surface area contributed by atoms with Gasteiger partial charge in [-0.05, 0) is 31.0 Å². The van der Waals surface area contributed by atoms with Gasteiger partial charge in [0.05, 0.1) is 0 Å². The van der Waals surface area contributed by atoms with E-state index >= 15 is 0 Å². The summed E-state index contributed by atoms with van der Waals surface area (Å²) >= 11 is 0. The van der Waals surface area contributed by atoms with E-state index in [0.717, 1.165) is 38.5 Å². The number of nitrogens with zero attached hydrogens (tertiary/aromatic N) is 1. The molecule has 0 rings (SSSR count). The van der Waals surface area contributed by atoms with E-state index in [1.807, 2.05) is 0 Å². The van der Waals surface area contributed by atoms with E-state index in [9.17, 15) is 10.1 Å². The second-order valence-corrected chi connectivity index (χ2v) is 13.7. The molecule has 2 atom stereocenters. The summed E-state index contributed by atoms with van der Waals surface area (Å²) in [7, 11) is -2.00. The predicted molar refractivity (Wildman–Crippen MR) is 110 cm³/mol. The van der Waals surface area contributed by atoms with Crippen molar-refractivity contribution in [3.63, 3.8) is 0 Å². The van der Waals surface area contributed by atoms with Crippen LogP contribution in [0.15, 0.2) is 0 Å². The van der Waals surface area contributed by atoms with Gasteiger partial charge in [-0.1, -0.05) is 79.6 Å². The van der Waals surface area contributed by atoms with Gasteiger partial charge in [-0.3, -0.25) is 10.1 Å². The lowest BCUT2D eigenvalue weighted by Gasteiger charge is -2.39. The van der Waals surface area contributed by atoms with E-state index in [4.69, 9.17) is 4.43 Å². The molecular formula is C20H43NO3Si. The first-order valence-electron chi connectivity index (χ1n) is 10.4. The van der Waals surface area contributed by atoms with Crippen molar-refractivity contribution in [2.24, 2.45) is 0 Å². The number of hydrogen-bond donors (Lipinski definition) is 0. The Balaban J connectivity index is 4.99. The first kappa shape index (κ1) is 24.6. The van der Waals surface area contributed by atoms with Crippen LogP contribution in [-0.2, 0) is 4.43 Å². The van der Waals surface area contributed by atoms with E-state index in [0.29, 0.717) is 6.42 Å². The second-order valence-electron chi connectivity index (χ2n) is 8.97. The van der Waals surface area contributed by atoms with Gasteiger partial charge in [0.15, 0.2) is 8.32 Å². The quantitative estimate of drug-likeness (QED) is 0.143. The van der Waals surface area contributed by atoms with Gasteiger partial charge in [0.1, 0.15) is 6.10 Å². The van der Waals surface area contributed by atoms with Gasteiger partial charge >= 0.3 is 0 Å². The third-order valence-electron chi connectivity index (χ3n) is 5.65. The summed E-state index contributed by atoms with van der Waals surface area (Å²) in [6.07, 6.45) is 10.2. The Morgan fingerprint density at radius 2 is 1.40 bits per heavy atom. The largest absolute Gasteiger partial charge is 0.407 e. The Kier molecular flexibility index (Phi) is 11.8. The highest BCUT2D eigenvalue weighted by molar-refractivity contribution is 6.74. The highest BCUT2D eigenvalue weighted by Gasteiger charge is 2.43. The average molecular weight is 374 g/mol. The van der Waals surface area contributed by atoms with Gasteiger partial charge in [0, 0.05) is 11.3 Å². The van der Waals surface area contributed by atoms with Crippen LogP contribution in [0.2, 0.25) is 18.1 Å². The standard InChI is InChI=1S/C20H43NO3Si/c1-8-10-12-13-15-16-18(21(22)23)19(17-14-11-9-2)24-25(6,7)20(3,4)5/h18-19H,8-17H2,1-7H3/t18-,19+/m0/s1. The number of hydrogen-bond acceptors (Lipinski definition) is 3. The maximum Gasteiger partial charge on any atom is 0.237 e. The van der Waals surface area contributed by atoms with E-state index in [-0.39, 0.29) is 16.1 Å². The minimum Gasteiger partial charge on any atom is -0.407 e. The number of nitro groups is 1. The Bertz CT molecular complexity index is 366. The molecule has 0 spiro atoms. The van der Waals surface area contributed by atoms with Crippen LogP contribution in [0.4, 0.5) is 0 Å². The molecular weight excluding hydrogens is 330 g/mol. The van der Waals surface area contributed by atoms with E-state index in [1.165, 1.54) is 19.3 Å². The maximum atomic E-state index is 11.8. The van der Waals surface area contributed by atoms with Gasteiger partial charge in [-0.15, -0.1) is 0 Å². The maximum absolute atomic E-state index is 11.8. The molecule has 0 unspecified atom stereocenters. The number of rotatable bonds is 14. The summed E-state index contributed by atoms with van der Waals surface area (Å²) in [6, 6.07) is -0.549. The van der Waals surface area contributed by atoms with Gasteiger partial charge in [-0.2, -0.15) is 0 Å². The minimum atomic E-state index is -2.00. The zero-order valence-corrected chi connectivity index (χ0v) is 18.9. The van der Waals surface area contributed by atoms with Crippen LogP contribution in [0.5, 0.6) is 0 Å². The summed E-state index contributed by atoms with van der Waals surface area (Å²) < 4.78 is 6.55. The minimum absolute atomic E-state index is 0.0659. The normalized spacial score (nSPS) is 15.2. The third-order valence-corrected chi connectivity index (χ3v) is 10.2. The molecule has 0 aromatic rings. The van der Waals surface area contributed by atoms with Gasteiger partial charge in [0.2, 0.25) is 6.04 Å². The third kappa shape index (κ3) is 9.74. The van der Waals surface area contributed by atoms with E-state index in [1.54, 1.807) is 0 Å². The van der Waals surface area contributed by atoms with Crippen molar-refractivity contribution in [3.05, 3.63) is 10.1 Å². The molecule has 0 heterocycles. The van der Waals surface area contributed by atoms with Crippen molar-refractivity contribution >= 4 is 8.32 Å². The molecule has 0 aliphatic carbocycles. The molecule has 0 aliphatic heterocycles. The molecule has 0 radical (unpaired) electrons. The summed E-state index contributed by atoms with van der Waals surface area (Å²) in [5.74, 6) is 0. The second kappa shape index (κ2) is 12.1. The monoisotopic (exact) mass is 373 g/mol. The van der Waals surface area contributed by atoms with Gasteiger partial charge in [-0.25, -0.2) is 0 Å². The van der Waals surface area contributed by atoms with Crippen molar-refractivity contribution in [2.45, 2.75) is 129 Å². The van der Waals surface area contributed by atoms with Crippen LogP contribution in [0.3, 0.4) is 0 Å². The van der Waals surface area contributed by atoms with Crippen molar-refractivity contribution in [1.82, 2.24) is 0 Å². The Morgan fingerprint density at radius 3 is 1.88 bits per heavy atom. The Labute approximate surface area is 157 Å². The average Bonchev–Trinajstić information content (AvgIpc) is 2.48. The van der Waals surface area contributed by atoms with Crippen LogP contribution < -0.4 is 0 Å². The molecule has 25 heavy (non-hydrogen) atoms. The summed E-state index contributed by atoms with van der Waals surface area (Å²) in [5, 5.41) is 11.9. The lowest BCUT2D eigenvalue weighted by molar-refractivity contribution is -0.534. The van der Waals surface area contributed by atoms with Crippen molar-refractivity contribution < 1.29 is 9.35 Å². The summed E-state index contributed by atoms with van der Waals surface area (Å²) in [5.41, 5.74) is 0. The first-order valence-corrected chi connectivity index (χ1v) is 13.3. The van der Waals surface area contributed by atoms with Crippen LogP contribution in [0.25, 0.3) is 0 Å². The smallest absolute Gasteiger partial charge is 0.237 e. The summed E-state index contributed by atoms with van der Waals surface area (Å²) in [6.45, 7) is 15.4. The fraction of sp³-hybridized carbons (Fsp3) is 1.00. The molecule has 5 heteroatoms. The molecule has 0 aliphatic rings. The first-order chi connectivity index (χ1) is 11.6. The SMILES string of the molecule is CCCCCCC[C@@H]([C@@H](CCCCC)O[Si](C)(C)C(C)(C)C)[N+](=O)[O-]. The van der Waals surface area contributed by atoms with Crippen LogP contribution in [0.1, 0.15) is 98.8 Å². The van der Waals surface area contributed by atoms with Gasteiger partial charge < -0.3 is 4.43 Å². The fourth-order valence-corrected chi connectivity index (χ4v) is 4.25. The summed E-state index contributed by atoms with van der Waals surface area (Å²) in [4.78, 5) is 11.7. The lowest BCUT2D eigenvalue weighted by Crippen LogP contribution is -2.48. The lowest BCUT2D eigenvalue weighted by atomic mass is 9.98. The molecule has 150 valence electrons. The zero-order chi connectivity index (χ0) is 19.5.